The lowest BCUT2D eigenvalue weighted by atomic mass is 10.0. The third kappa shape index (κ3) is 3.66. The van der Waals surface area contributed by atoms with Crippen LogP contribution in [0.4, 0.5) is 0 Å². The van der Waals surface area contributed by atoms with Gasteiger partial charge in [-0.3, -0.25) is 0 Å². The molecule has 0 amide bonds. The number of aliphatic hydroxyl groups excluding tert-OH is 2. The van der Waals surface area contributed by atoms with Crippen molar-refractivity contribution in [2.24, 2.45) is 0 Å². The number of rotatable bonds is 4. The molecule has 14 heavy (non-hydrogen) atoms. The van der Waals surface area contributed by atoms with E-state index in [1.165, 1.54) is 0 Å². The van der Waals surface area contributed by atoms with Gasteiger partial charge in [-0.25, -0.2) is 0 Å². The maximum Gasteiger partial charge on any atom is 0.0799 e. The Balaban J connectivity index is 2.42. The zero-order chi connectivity index (χ0) is 10.6. The Morgan fingerprint density at radius 1 is 1.21 bits per heavy atom. The molecule has 0 bridgehead atoms. The number of aryl methyl sites for hydroxylation is 1. The summed E-state index contributed by atoms with van der Waals surface area (Å²) >= 11 is 5.74. The zero-order valence-corrected chi connectivity index (χ0v) is 8.91. The molecule has 0 spiro atoms. The van der Waals surface area contributed by atoms with Gasteiger partial charge in [-0.2, -0.15) is 0 Å². The van der Waals surface area contributed by atoms with Crippen LogP contribution < -0.4 is 0 Å². The molecule has 0 aliphatic carbocycles. The summed E-state index contributed by atoms with van der Waals surface area (Å²) in [7, 11) is 0. The van der Waals surface area contributed by atoms with Crippen LogP contribution in [0.15, 0.2) is 24.3 Å². The lowest BCUT2D eigenvalue weighted by Gasteiger charge is -2.12. The Morgan fingerprint density at radius 2 is 1.79 bits per heavy atom. The second-order valence-electron chi connectivity index (χ2n) is 3.47. The van der Waals surface area contributed by atoms with Gasteiger partial charge in [0.25, 0.3) is 0 Å². The average molecular weight is 215 g/mol. The topological polar surface area (TPSA) is 40.5 Å². The van der Waals surface area contributed by atoms with E-state index < -0.39 is 12.2 Å². The van der Waals surface area contributed by atoms with Crippen LogP contribution >= 0.6 is 11.6 Å². The maximum absolute atomic E-state index is 9.37. The Bertz CT molecular complexity index is 269. The molecule has 0 heterocycles. The Morgan fingerprint density at radius 3 is 2.29 bits per heavy atom. The highest BCUT2D eigenvalue weighted by molar-refractivity contribution is 6.30. The summed E-state index contributed by atoms with van der Waals surface area (Å²) in [4.78, 5) is 0. The molecule has 1 rings (SSSR count). The van der Waals surface area contributed by atoms with Crippen molar-refractivity contribution in [1.82, 2.24) is 0 Å². The van der Waals surface area contributed by atoms with Crippen molar-refractivity contribution in [1.29, 1.82) is 0 Å². The van der Waals surface area contributed by atoms with Gasteiger partial charge in [-0.15, -0.1) is 0 Å². The third-order valence-corrected chi connectivity index (χ3v) is 2.45. The molecule has 3 heteroatoms. The van der Waals surface area contributed by atoms with Crippen LogP contribution in [0.5, 0.6) is 0 Å². The highest BCUT2D eigenvalue weighted by Crippen LogP contribution is 2.12. The summed E-state index contributed by atoms with van der Waals surface area (Å²) < 4.78 is 0. The molecule has 0 saturated heterocycles. The van der Waals surface area contributed by atoms with Crippen LogP contribution in [0, 0.1) is 0 Å². The predicted molar refractivity (Wildman–Crippen MR) is 57.5 cm³/mol. The van der Waals surface area contributed by atoms with Gasteiger partial charge in [0.2, 0.25) is 0 Å². The first-order valence-corrected chi connectivity index (χ1v) is 5.08. The lowest BCUT2D eigenvalue weighted by molar-refractivity contribution is 0.0265. The molecule has 2 atom stereocenters. The molecule has 0 aliphatic heterocycles. The molecular weight excluding hydrogens is 200 g/mol. The number of hydrogen-bond donors (Lipinski definition) is 2. The van der Waals surface area contributed by atoms with E-state index in [2.05, 4.69) is 0 Å². The van der Waals surface area contributed by atoms with Crippen molar-refractivity contribution in [3.05, 3.63) is 34.9 Å². The Labute approximate surface area is 89.1 Å². The van der Waals surface area contributed by atoms with Gasteiger partial charge in [-0.05, 0) is 37.5 Å². The highest BCUT2D eigenvalue weighted by atomic mass is 35.5. The molecule has 2 N–H and O–H groups in total. The number of benzene rings is 1. The van der Waals surface area contributed by atoms with Gasteiger partial charge < -0.3 is 10.2 Å². The van der Waals surface area contributed by atoms with E-state index in [1.54, 1.807) is 6.92 Å². The summed E-state index contributed by atoms with van der Waals surface area (Å²) in [6.07, 6.45) is 0.00990. The van der Waals surface area contributed by atoms with E-state index in [0.717, 1.165) is 12.0 Å². The fourth-order valence-electron chi connectivity index (χ4n) is 1.21. The van der Waals surface area contributed by atoms with Crippen LogP contribution in [-0.4, -0.2) is 22.4 Å². The van der Waals surface area contributed by atoms with E-state index in [9.17, 15) is 5.11 Å². The van der Waals surface area contributed by atoms with Crippen molar-refractivity contribution >= 4 is 11.6 Å². The molecule has 2 unspecified atom stereocenters. The molecule has 0 radical (unpaired) electrons. The smallest absolute Gasteiger partial charge is 0.0799 e. The van der Waals surface area contributed by atoms with Crippen LogP contribution in [0.2, 0.25) is 5.02 Å². The van der Waals surface area contributed by atoms with Gasteiger partial charge in [-0.1, -0.05) is 23.7 Å². The zero-order valence-electron chi connectivity index (χ0n) is 8.15. The van der Waals surface area contributed by atoms with Crippen molar-refractivity contribution in [3.63, 3.8) is 0 Å². The normalized spacial score (nSPS) is 15.1. The van der Waals surface area contributed by atoms with Crippen LogP contribution in [0.1, 0.15) is 18.9 Å². The van der Waals surface area contributed by atoms with Gasteiger partial charge in [0, 0.05) is 5.02 Å². The molecule has 0 fully saturated rings. The monoisotopic (exact) mass is 214 g/mol. The van der Waals surface area contributed by atoms with Crippen molar-refractivity contribution in [3.8, 4) is 0 Å². The Kier molecular flexibility index (Phi) is 4.39. The first-order valence-electron chi connectivity index (χ1n) is 4.70. The van der Waals surface area contributed by atoms with Crippen LogP contribution in [0.25, 0.3) is 0 Å². The third-order valence-electron chi connectivity index (χ3n) is 2.20. The molecule has 78 valence electrons. The molecule has 2 nitrogen and oxygen atoms in total. The largest absolute Gasteiger partial charge is 0.391 e. The first kappa shape index (κ1) is 11.5. The van der Waals surface area contributed by atoms with E-state index in [1.807, 2.05) is 24.3 Å². The average Bonchev–Trinajstić information content (AvgIpc) is 2.16. The molecule has 1 aromatic rings. The van der Waals surface area contributed by atoms with Crippen LogP contribution in [0.3, 0.4) is 0 Å². The SMILES string of the molecule is CC(O)C(O)CCc1ccc(Cl)cc1. The van der Waals surface area contributed by atoms with Crippen molar-refractivity contribution < 1.29 is 10.2 Å². The standard InChI is InChI=1S/C11H15ClO2/c1-8(13)11(14)7-4-9-2-5-10(12)6-3-9/h2-3,5-6,8,11,13-14H,4,7H2,1H3. The second-order valence-corrected chi connectivity index (χ2v) is 3.91. The van der Waals surface area contributed by atoms with Gasteiger partial charge in [0.15, 0.2) is 0 Å². The molecule has 1 aromatic carbocycles. The van der Waals surface area contributed by atoms with E-state index in [0.29, 0.717) is 11.4 Å². The summed E-state index contributed by atoms with van der Waals surface area (Å²) in [6, 6.07) is 7.51. The molecule has 0 aromatic heterocycles. The number of halogens is 1. The van der Waals surface area contributed by atoms with Crippen molar-refractivity contribution in [2.45, 2.75) is 32.0 Å². The molecular formula is C11H15ClO2. The minimum Gasteiger partial charge on any atom is -0.391 e. The fraction of sp³-hybridized carbons (Fsp3) is 0.455. The van der Waals surface area contributed by atoms with Crippen LogP contribution in [-0.2, 0) is 6.42 Å². The van der Waals surface area contributed by atoms with E-state index in [-0.39, 0.29) is 0 Å². The summed E-state index contributed by atoms with van der Waals surface area (Å²) in [6.45, 7) is 1.59. The lowest BCUT2D eigenvalue weighted by Crippen LogP contribution is -2.22. The van der Waals surface area contributed by atoms with Gasteiger partial charge >= 0.3 is 0 Å². The van der Waals surface area contributed by atoms with Gasteiger partial charge in [0.1, 0.15) is 0 Å². The maximum atomic E-state index is 9.37. The minimum atomic E-state index is -0.665. The van der Waals surface area contributed by atoms with Crippen molar-refractivity contribution in [2.75, 3.05) is 0 Å². The summed E-state index contributed by atoms with van der Waals surface area (Å²) in [5.74, 6) is 0. The highest BCUT2D eigenvalue weighted by Gasteiger charge is 2.10. The minimum absolute atomic E-state index is 0.569. The van der Waals surface area contributed by atoms with E-state index in [4.69, 9.17) is 16.7 Å². The second kappa shape index (κ2) is 5.35. The van der Waals surface area contributed by atoms with E-state index >= 15 is 0 Å². The molecule has 0 saturated carbocycles. The fourth-order valence-corrected chi connectivity index (χ4v) is 1.33. The Hall–Kier alpha value is -0.570. The first-order chi connectivity index (χ1) is 6.59. The summed E-state index contributed by atoms with van der Waals surface area (Å²) in [5.41, 5.74) is 1.12. The number of hydrogen-bond acceptors (Lipinski definition) is 2. The predicted octanol–water partition coefficient (Wildman–Crippen LogP) is 2.01. The number of aliphatic hydroxyl groups is 2. The summed E-state index contributed by atoms with van der Waals surface area (Å²) in [5, 5.41) is 19.2. The quantitative estimate of drug-likeness (QED) is 0.805. The molecule has 0 aliphatic rings. The van der Waals surface area contributed by atoms with Gasteiger partial charge in [0.05, 0.1) is 12.2 Å².